The zero-order valence-corrected chi connectivity index (χ0v) is 20.1. The Morgan fingerprint density at radius 2 is 1.76 bits per heavy atom. The summed E-state index contributed by atoms with van der Waals surface area (Å²) in [7, 11) is 0. The normalized spacial score (nSPS) is 32.7. The van der Waals surface area contributed by atoms with Crippen molar-refractivity contribution in [1.82, 2.24) is 0 Å². The molecule has 0 bridgehead atoms. The van der Waals surface area contributed by atoms with E-state index in [4.69, 9.17) is 4.74 Å². The molecule has 2 fully saturated rings. The number of alkyl halides is 4. The van der Waals surface area contributed by atoms with Crippen LogP contribution in [0, 0.1) is 23.7 Å². The molecule has 3 aliphatic rings. The lowest BCUT2D eigenvalue weighted by Gasteiger charge is -2.38. The highest BCUT2D eigenvalue weighted by molar-refractivity contribution is 5.62. The van der Waals surface area contributed by atoms with Gasteiger partial charge in [0.15, 0.2) is 6.10 Å². The van der Waals surface area contributed by atoms with Crippen LogP contribution in [0.5, 0.6) is 5.75 Å². The Morgan fingerprint density at radius 1 is 1.03 bits per heavy atom. The summed E-state index contributed by atoms with van der Waals surface area (Å²) in [4.78, 5) is 0. The molecule has 0 amide bonds. The summed E-state index contributed by atoms with van der Waals surface area (Å²) >= 11 is 0. The number of hydrogen-bond donors (Lipinski definition) is 0. The molecular formula is C28H37F5O. The predicted octanol–water partition coefficient (Wildman–Crippen LogP) is 9.00. The second-order valence-electron chi connectivity index (χ2n) is 10.7. The average Bonchev–Trinajstić information content (AvgIpc) is 2.83. The zero-order valence-electron chi connectivity index (χ0n) is 20.1. The van der Waals surface area contributed by atoms with Gasteiger partial charge in [-0.2, -0.15) is 13.2 Å². The van der Waals surface area contributed by atoms with E-state index in [1.807, 2.05) is 0 Å². The number of allylic oxidation sites excluding steroid dienone is 1. The Bertz CT molecular complexity index is 840. The van der Waals surface area contributed by atoms with Crippen molar-refractivity contribution in [3.8, 4) is 5.75 Å². The molecule has 190 valence electrons. The molecule has 0 N–H and O–H groups in total. The van der Waals surface area contributed by atoms with Crippen molar-refractivity contribution in [3.63, 3.8) is 0 Å². The Balaban J connectivity index is 1.32. The van der Waals surface area contributed by atoms with Crippen LogP contribution in [0.4, 0.5) is 22.0 Å². The van der Waals surface area contributed by atoms with Crippen molar-refractivity contribution in [3.05, 3.63) is 35.4 Å². The smallest absolute Gasteiger partial charge is 0.425 e. The van der Waals surface area contributed by atoms with Crippen LogP contribution in [-0.2, 0) is 6.42 Å². The fraction of sp³-hybridized carbons (Fsp3) is 0.714. The van der Waals surface area contributed by atoms with E-state index in [1.54, 1.807) is 6.07 Å². The highest BCUT2D eigenvalue weighted by Crippen LogP contribution is 2.44. The number of unbranched alkanes of at least 4 members (excludes halogenated alkanes) is 1. The van der Waals surface area contributed by atoms with Crippen LogP contribution < -0.4 is 4.74 Å². The largest absolute Gasteiger partial charge is 0.481 e. The molecule has 1 aromatic carbocycles. The number of aryl methyl sites for hydroxylation is 1. The summed E-state index contributed by atoms with van der Waals surface area (Å²) in [5.41, 5.74) is 0.851. The van der Waals surface area contributed by atoms with Crippen LogP contribution in [0.25, 0.3) is 5.83 Å². The Hall–Kier alpha value is -1.59. The van der Waals surface area contributed by atoms with Gasteiger partial charge in [0.2, 0.25) is 0 Å². The molecule has 4 rings (SSSR count). The van der Waals surface area contributed by atoms with E-state index < -0.39 is 30.2 Å². The molecular weight excluding hydrogens is 447 g/mol. The fourth-order valence-electron chi connectivity index (χ4n) is 6.28. The van der Waals surface area contributed by atoms with E-state index in [9.17, 15) is 17.6 Å². The summed E-state index contributed by atoms with van der Waals surface area (Å²) in [6.07, 6.45) is 5.02. The molecule has 4 atom stereocenters. The minimum Gasteiger partial charge on any atom is -0.481 e. The number of fused-ring (bicyclic) bond motifs is 1. The predicted molar refractivity (Wildman–Crippen MR) is 125 cm³/mol. The van der Waals surface area contributed by atoms with Crippen molar-refractivity contribution >= 4 is 5.83 Å². The van der Waals surface area contributed by atoms with Crippen LogP contribution in [0.2, 0.25) is 0 Å². The van der Waals surface area contributed by atoms with Gasteiger partial charge in [-0.1, -0.05) is 39.0 Å². The maximum atomic E-state index is 15.1. The maximum absolute atomic E-state index is 15.1. The van der Waals surface area contributed by atoms with Gasteiger partial charge in [-0.05, 0) is 92.5 Å². The second kappa shape index (κ2) is 11.0. The third-order valence-electron chi connectivity index (χ3n) is 8.39. The molecule has 0 saturated heterocycles. The maximum Gasteiger partial charge on any atom is 0.425 e. The molecule has 1 aromatic rings. The van der Waals surface area contributed by atoms with Crippen molar-refractivity contribution in [2.75, 3.05) is 0 Å². The first-order chi connectivity index (χ1) is 16.2. The fourth-order valence-corrected chi connectivity index (χ4v) is 6.28. The third kappa shape index (κ3) is 6.15. The number of ether oxygens (including phenoxy) is 1. The average molecular weight is 485 g/mol. The SMILES string of the molecule is CCCCC1CCC(C2CCC(/C=C(\F)c3ccc4c(c3)CCC(C(F)(F)F)O4)C(F)C2)CC1. The van der Waals surface area contributed by atoms with Crippen molar-refractivity contribution in [2.45, 2.75) is 102 Å². The van der Waals surface area contributed by atoms with Gasteiger partial charge in [0.05, 0.1) is 0 Å². The van der Waals surface area contributed by atoms with E-state index in [0.29, 0.717) is 30.2 Å². The minimum absolute atomic E-state index is 0.151. The number of benzene rings is 1. The van der Waals surface area contributed by atoms with E-state index in [0.717, 1.165) is 12.3 Å². The molecule has 0 spiro atoms. The molecule has 0 aromatic heterocycles. The van der Waals surface area contributed by atoms with Gasteiger partial charge < -0.3 is 4.74 Å². The summed E-state index contributed by atoms with van der Waals surface area (Å²) in [5, 5.41) is 0. The van der Waals surface area contributed by atoms with E-state index in [2.05, 4.69) is 6.92 Å². The summed E-state index contributed by atoms with van der Waals surface area (Å²) < 4.78 is 73.9. The van der Waals surface area contributed by atoms with Crippen LogP contribution in [-0.4, -0.2) is 18.5 Å². The second-order valence-corrected chi connectivity index (χ2v) is 10.7. The molecule has 4 unspecified atom stereocenters. The standard InChI is InChI=1S/C28H37F5O/c1-2-3-4-18-5-7-19(8-6-18)20-9-10-22(24(29)16-20)17-25(30)21-11-13-26-23(15-21)12-14-27(34-26)28(31,32)33/h11,13,15,17-20,22,24,27H,2-10,12,14,16H2,1H3/b25-17-. The van der Waals surface area contributed by atoms with Crippen molar-refractivity contribution < 1.29 is 26.7 Å². The lowest BCUT2D eigenvalue weighted by molar-refractivity contribution is -0.199. The van der Waals surface area contributed by atoms with Gasteiger partial charge in [-0.15, -0.1) is 0 Å². The first-order valence-corrected chi connectivity index (χ1v) is 13.1. The molecule has 2 aliphatic carbocycles. The Kier molecular flexibility index (Phi) is 8.24. The lowest BCUT2D eigenvalue weighted by Crippen LogP contribution is -2.37. The first kappa shape index (κ1) is 25.5. The van der Waals surface area contributed by atoms with Gasteiger partial charge in [0.1, 0.15) is 17.7 Å². The van der Waals surface area contributed by atoms with Crippen molar-refractivity contribution in [2.24, 2.45) is 23.7 Å². The summed E-state index contributed by atoms with van der Waals surface area (Å²) in [6.45, 7) is 2.23. The quantitative estimate of drug-likeness (QED) is 0.366. The van der Waals surface area contributed by atoms with E-state index in [1.165, 1.54) is 63.2 Å². The monoisotopic (exact) mass is 484 g/mol. The zero-order chi connectivity index (χ0) is 24.3. The van der Waals surface area contributed by atoms with Crippen LogP contribution in [0.1, 0.15) is 88.7 Å². The molecule has 0 radical (unpaired) electrons. The van der Waals surface area contributed by atoms with Gasteiger partial charge >= 0.3 is 6.18 Å². The molecule has 1 nitrogen and oxygen atoms in total. The van der Waals surface area contributed by atoms with E-state index >= 15 is 4.39 Å². The number of hydrogen-bond acceptors (Lipinski definition) is 1. The highest BCUT2D eigenvalue weighted by Gasteiger charge is 2.43. The summed E-state index contributed by atoms with van der Waals surface area (Å²) in [5.74, 6) is 1.05. The first-order valence-electron chi connectivity index (χ1n) is 13.1. The highest BCUT2D eigenvalue weighted by atomic mass is 19.4. The molecule has 34 heavy (non-hydrogen) atoms. The van der Waals surface area contributed by atoms with Crippen LogP contribution >= 0.6 is 0 Å². The van der Waals surface area contributed by atoms with Gasteiger partial charge in [-0.25, -0.2) is 8.78 Å². The molecule has 2 saturated carbocycles. The van der Waals surface area contributed by atoms with Gasteiger partial charge in [0.25, 0.3) is 0 Å². The van der Waals surface area contributed by atoms with Crippen LogP contribution in [0.15, 0.2) is 24.3 Å². The molecule has 1 heterocycles. The number of rotatable bonds is 6. The topological polar surface area (TPSA) is 9.23 Å². The molecule has 6 heteroatoms. The van der Waals surface area contributed by atoms with Crippen molar-refractivity contribution in [1.29, 1.82) is 0 Å². The Labute approximate surface area is 200 Å². The van der Waals surface area contributed by atoms with Crippen LogP contribution in [0.3, 0.4) is 0 Å². The third-order valence-corrected chi connectivity index (χ3v) is 8.39. The van der Waals surface area contributed by atoms with Gasteiger partial charge in [-0.3, -0.25) is 0 Å². The summed E-state index contributed by atoms with van der Waals surface area (Å²) in [6, 6.07) is 4.37. The number of halogens is 5. The Morgan fingerprint density at radius 3 is 2.44 bits per heavy atom. The van der Waals surface area contributed by atoms with Gasteiger partial charge in [0, 0.05) is 11.5 Å². The minimum atomic E-state index is -4.41. The lowest BCUT2D eigenvalue weighted by atomic mass is 9.68. The van der Waals surface area contributed by atoms with E-state index in [-0.39, 0.29) is 24.2 Å². The molecule has 1 aliphatic heterocycles.